The number of benzene rings is 2. The van der Waals surface area contributed by atoms with Crippen molar-refractivity contribution in [2.75, 3.05) is 11.1 Å². The first-order chi connectivity index (χ1) is 10.1. The summed E-state index contributed by atoms with van der Waals surface area (Å²) in [7, 11) is 0. The number of anilines is 3. The maximum Gasteiger partial charge on any atom is 0.252 e. The third kappa shape index (κ3) is 2.62. The molecular weight excluding hydrogens is 264 g/mol. The molecule has 0 unspecified atom stereocenters. The number of nitrogens with zero attached hydrogens (tertiary/aromatic N) is 1. The third-order valence-electron chi connectivity index (χ3n) is 3.14. The van der Waals surface area contributed by atoms with Crippen molar-refractivity contribution in [1.29, 1.82) is 0 Å². The topological polar surface area (TPSA) is 94.0 Å². The smallest absolute Gasteiger partial charge is 0.252 e. The Balaban J connectivity index is 2.11. The highest BCUT2D eigenvalue weighted by atomic mass is 16.1. The molecule has 0 bridgehead atoms. The largest absolute Gasteiger partial charge is 0.399 e. The monoisotopic (exact) mass is 278 g/mol. The summed E-state index contributed by atoms with van der Waals surface area (Å²) in [4.78, 5) is 16.1. The number of nitrogens with two attached hydrogens (primary N) is 2. The van der Waals surface area contributed by atoms with Crippen molar-refractivity contribution >= 4 is 34.0 Å². The molecule has 0 fully saturated rings. The lowest BCUT2D eigenvalue weighted by Gasteiger charge is -2.11. The van der Waals surface area contributed by atoms with Crippen molar-refractivity contribution in [2.24, 2.45) is 5.73 Å². The summed E-state index contributed by atoms with van der Waals surface area (Å²) < 4.78 is 0. The summed E-state index contributed by atoms with van der Waals surface area (Å²) in [5, 5.41) is 3.96. The standard InChI is InChI=1S/C16H14N4O/c17-11-5-3-6-12(9-11)19-16-13(15(18)21)8-10-4-1-2-7-14(10)20-16/h1-9H,17H2,(H2,18,21)(H,19,20). The molecule has 104 valence electrons. The summed E-state index contributed by atoms with van der Waals surface area (Å²) in [5.74, 6) is -0.105. The van der Waals surface area contributed by atoms with Gasteiger partial charge in [-0.1, -0.05) is 24.3 Å². The van der Waals surface area contributed by atoms with Gasteiger partial charge in [-0.25, -0.2) is 4.98 Å². The van der Waals surface area contributed by atoms with Gasteiger partial charge in [-0.15, -0.1) is 0 Å². The highest BCUT2D eigenvalue weighted by molar-refractivity contribution is 6.02. The molecule has 0 saturated carbocycles. The highest BCUT2D eigenvalue weighted by Gasteiger charge is 2.12. The number of carbonyl (C=O) groups is 1. The fourth-order valence-electron chi connectivity index (χ4n) is 2.15. The van der Waals surface area contributed by atoms with E-state index in [-0.39, 0.29) is 0 Å². The second-order valence-electron chi connectivity index (χ2n) is 4.69. The molecule has 0 aliphatic heterocycles. The molecule has 0 aliphatic rings. The normalized spacial score (nSPS) is 10.5. The summed E-state index contributed by atoms with van der Waals surface area (Å²) >= 11 is 0. The van der Waals surface area contributed by atoms with E-state index in [2.05, 4.69) is 10.3 Å². The Hall–Kier alpha value is -3.08. The van der Waals surface area contributed by atoms with Gasteiger partial charge in [0.05, 0.1) is 11.1 Å². The number of carbonyl (C=O) groups excluding carboxylic acids is 1. The van der Waals surface area contributed by atoms with E-state index in [1.54, 1.807) is 18.2 Å². The van der Waals surface area contributed by atoms with Crippen LogP contribution in [0.3, 0.4) is 0 Å². The molecule has 5 nitrogen and oxygen atoms in total. The maximum atomic E-state index is 11.6. The van der Waals surface area contributed by atoms with E-state index in [0.29, 0.717) is 17.1 Å². The Morgan fingerprint density at radius 1 is 1.05 bits per heavy atom. The zero-order valence-corrected chi connectivity index (χ0v) is 11.2. The minimum absolute atomic E-state index is 0.344. The van der Waals surface area contributed by atoms with E-state index in [0.717, 1.165) is 16.6 Å². The molecule has 21 heavy (non-hydrogen) atoms. The molecule has 2 aromatic carbocycles. The van der Waals surface area contributed by atoms with Gasteiger partial charge in [0.15, 0.2) is 0 Å². The fourth-order valence-corrected chi connectivity index (χ4v) is 2.15. The number of fused-ring (bicyclic) bond motifs is 1. The van der Waals surface area contributed by atoms with Crippen LogP contribution in [0.1, 0.15) is 10.4 Å². The number of hydrogen-bond acceptors (Lipinski definition) is 4. The second kappa shape index (κ2) is 5.13. The SMILES string of the molecule is NC(=O)c1cc2ccccc2nc1Nc1cccc(N)c1. The van der Waals surface area contributed by atoms with Gasteiger partial charge in [-0.3, -0.25) is 4.79 Å². The van der Waals surface area contributed by atoms with Crippen molar-refractivity contribution in [1.82, 2.24) is 4.98 Å². The Labute approximate surface area is 121 Å². The van der Waals surface area contributed by atoms with Crippen LogP contribution in [0.5, 0.6) is 0 Å². The first-order valence-corrected chi connectivity index (χ1v) is 6.45. The number of nitrogen functional groups attached to an aromatic ring is 1. The number of aromatic nitrogens is 1. The molecule has 0 radical (unpaired) electrons. The molecule has 3 aromatic rings. The van der Waals surface area contributed by atoms with E-state index in [9.17, 15) is 4.79 Å². The number of pyridine rings is 1. The number of amides is 1. The van der Waals surface area contributed by atoms with Crippen molar-refractivity contribution in [3.63, 3.8) is 0 Å². The van der Waals surface area contributed by atoms with Crippen molar-refractivity contribution in [2.45, 2.75) is 0 Å². The Kier molecular flexibility index (Phi) is 3.16. The van der Waals surface area contributed by atoms with Crippen LogP contribution >= 0.6 is 0 Å². The average molecular weight is 278 g/mol. The summed E-state index contributed by atoms with van der Waals surface area (Å²) in [6, 6.07) is 16.5. The van der Waals surface area contributed by atoms with Gasteiger partial charge < -0.3 is 16.8 Å². The van der Waals surface area contributed by atoms with E-state index in [1.165, 1.54) is 0 Å². The van der Waals surface area contributed by atoms with Gasteiger partial charge in [-0.05, 0) is 30.3 Å². The molecule has 0 aliphatic carbocycles. The lowest BCUT2D eigenvalue weighted by Crippen LogP contribution is -2.14. The minimum Gasteiger partial charge on any atom is -0.399 e. The van der Waals surface area contributed by atoms with Crippen molar-refractivity contribution in [3.05, 3.63) is 60.2 Å². The number of hydrogen-bond donors (Lipinski definition) is 3. The highest BCUT2D eigenvalue weighted by Crippen LogP contribution is 2.24. The van der Waals surface area contributed by atoms with Gasteiger partial charge in [0.25, 0.3) is 5.91 Å². The summed E-state index contributed by atoms with van der Waals surface area (Å²) in [6.07, 6.45) is 0. The van der Waals surface area contributed by atoms with E-state index < -0.39 is 5.91 Å². The first kappa shape index (κ1) is 12.9. The molecule has 0 saturated heterocycles. The van der Waals surface area contributed by atoms with Crippen LogP contribution in [0.25, 0.3) is 10.9 Å². The van der Waals surface area contributed by atoms with Crippen LogP contribution in [-0.2, 0) is 0 Å². The number of rotatable bonds is 3. The van der Waals surface area contributed by atoms with E-state index in [4.69, 9.17) is 11.5 Å². The Morgan fingerprint density at radius 2 is 1.86 bits per heavy atom. The van der Waals surface area contributed by atoms with Crippen LogP contribution in [0.15, 0.2) is 54.6 Å². The Morgan fingerprint density at radius 3 is 2.62 bits per heavy atom. The van der Waals surface area contributed by atoms with Crippen LogP contribution < -0.4 is 16.8 Å². The number of primary amides is 1. The van der Waals surface area contributed by atoms with Gasteiger partial charge in [-0.2, -0.15) is 0 Å². The van der Waals surface area contributed by atoms with Crippen LogP contribution in [0.4, 0.5) is 17.2 Å². The molecule has 1 heterocycles. The average Bonchev–Trinajstić information content (AvgIpc) is 2.46. The van der Waals surface area contributed by atoms with Gasteiger partial charge in [0, 0.05) is 16.8 Å². The zero-order valence-electron chi connectivity index (χ0n) is 11.2. The van der Waals surface area contributed by atoms with Crippen molar-refractivity contribution in [3.8, 4) is 0 Å². The summed E-state index contributed by atoms with van der Waals surface area (Å²) in [6.45, 7) is 0. The molecule has 0 atom stereocenters. The molecular formula is C16H14N4O. The van der Waals surface area contributed by atoms with Gasteiger partial charge in [0.1, 0.15) is 5.82 Å². The first-order valence-electron chi connectivity index (χ1n) is 6.45. The van der Waals surface area contributed by atoms with Crippen molar-refractivity contribution < 1.29 is 4.79 Å². The molecule has 5 N–H and O–H groups in total. The number of nitrogens with one attached hydrogen (secondary N) is 1. The summed E-state index contributed by atoms with van der Waals surface area (Å²) in [5.41, 5.74) is 13.7. The molecule has 5 heteroatoms. The lowest BCUT2D eigenvalue weighted by molar-refractivity contribution is 0.100. The predicted molar refractivity (Wildman–Crippen MR) is 84.4 cm³/mol. The molecule has 1 aromatic heterocycles. The minimum atomic E-state index is -0.528. The second-order valence-corrected chi connectivity index (χ2v) is 4.69. The van der Waals surface area contributed by atoms with Crippen LogP contribution in [0, 0.1) is 0 Å². The Bertz CT molecular complexity index is 829. The zero-order chi connectivity index (χ0) is 14.8. The molecule has 1 amide bonds. The van der Waals surface area contributed by atoms with E-state index in [1.807, 2.05) is 36.4 Å². The third-order valence-corrected chi connectivity index (χ3v) is 3.14. The lowest BCUT2D eigenvalue weighted by atomic mass is 10.1. The van der Waals surface area contributed by atoms with Gasteiger partial charge in [0.2, 0.25) is 0 Å². The maximum absolute atomic E-state index is 11.6. The quantitative estimate of drug-likeness (QED) is 0.642. The van der Waals surface area contributed by atoms with E-state index >= 15 is 0 Å². The van der Waals surface area contributed by atoms with Gasteiger partial charge >= 0.3 is 0 Å². The van der Waals surface area contributed by atoms with Crippen LogP contribution in [-0.4, -0.2) is 10.9 Å². The molecule has 3 rings (SSSR count). The fraction of sp³-hybridized carbons (Fsp3) is 0. The predicted octanol–water partition coefficient (Wildman–Crippen LogP) is 2.66. The van der Waals surface area contributed by atoms with Crippen LogP contribution in [0.2, 0.25) is 0 Å². The number of para-hydroxylation sites is 1. The molecule has 0 spiro atoms.